The monoisotopic (exact) mass is 1190 g/mol. The number of hydrogen-bond donors (Lipinski definition) is 3. The molecule has 8 aromatic rings. The zero-order valence-electron chi connectivity index (χ0n) is 38.7. The van der Waals surface area contributed by atoms with Crippen molar-refractivity contribution < 1.29 is 97.7 Å². The number of aliphatic hydroxyl groups is 1. The maximum absolute atomic E-state index is 12.4. The Balaban J connectivity index is 0.000000473. The fourth-order valence-corrected chi connectivity index (χ4v) is 9.56. The molecule has 0 spiro atoms. The van der Waals surface area contributed by atoms with Crippen LogP contribution in [0.5, 0.6) is 0 Å². The molecule has 0 unspecified atom stereocenters. The van der Waals surface area contributed by atoms with Crippen molar-refractivity contribution in [3.05, 3.63) is 191 Å². The molecule has 0 aliphatic heterocycles. The van der Waals surface area contributed by atoms with Gasteiger partial charge in [0.2, 0.25) is 0 Å². The summed E-state index contributed by atoms with van der Waals surface area (Å²) in [5.41, 5.74) is -0.549. The maximum atomic E-state index is 12.4. The van der Waals surface area contributed by atoms with E-state index in [1.165, 1.54) is 81.7 Å². The first kappa shape index (κ1) is 65.7. The van der Waals surface area contributed by atoms with Gasteiger partial charge in [-0.15, -0.1) is 56.9 Å². The molecule has 0 aliphatic carbocycles. The van der Waals surface area contributed by atoms with Crippen LogP contribution in [-0.4, -0.2) is 43.3 Å². The second kappa shape index (κ2) is 29.7. The summed E-state index contributed by atoms with van der Waals surface area (Å²) in [6.45, 7) is -0.0503. The van der Waals surface area contributed by atoms with Gasteiger partial charge in [-0.05, 0) is 123 Å². The zero-order chi connectivity index (χ0) is 53.4. The largest absolute Gasteiger partial charge is 1.00 e. The number of hydrogen-bond acceptors (Lipinski definition) is 9. The number of rotatable bonds is 8. The Hall–Kier alpha value is -4.44. The number of thiophene rings is 4. The van der Waals surface area contributed by atoms with Crippen LogP contribution >= 0.6 is 72.9 Å². The fourth-order valence-electron chi connectivity index (χ4n) is 5.50. The number of alkyl halides is 13. The molecule has 3 N–H and O–H groups in total. The zero-order valence-corrected chi connectivity index (χ0v) is 43.3. The first-order chi connectivity index (χ1) is 33.7. The van der Waals surface area contributed by atoms with Crippen LogP contribution in [0.3, 0.4) is 0 Å². The van der Waals surface area contributed by atoms with Crippen molar-refractivity contribution in [2.24, 2.45) is 0 Å². The normalized spacial score (nSPS) is 11.0. The van der Waals surface area contributed by atoms with Gasteiger partial charge in [0.1, 0.15) is 0 Å². The molecule has 8 rings (SSSR count). The van der Waals surface area contributed by atoms with Gasteiger partial charge < -0.3 is 16.6 Å². The molecular formula is C48H34B2BrClF12LiO5S4. The summed E-state index contributed by atoms with van der Waals surface area (Å²) in [5.74, 6) is 0.422. The van der Waals surface area contributed by atoms with Crippen molar-refractivity contribution >= 4 is 106 Å². The van der Waals surface area contributed by atoms with Crippen LogP contribution in [0.25, 0.3) is 31.3 Å². The third-order valence-electron chi connectivity index (χ3n) is 9.09. The molecule has 5 nitrogen and oxygen atoms in total. The average molecular weight is 1190 g/mol. The van der Waals surface area contributed by atoms with Crippen LogP contribution in [0.4, 0.5) is 52.7 Å². The van der Waals surface area contributed by atoms with E-state index in [1.807, 2.05) is 18.2 Å². The Morgan fingerprint density at radius 3 is 1.04 bits per heavy atom. The van der Waals surface area contributed by atoms with Gasteiger partial charge in [-0.1, -0.05) is 60.7 Å². The van der Waals surface area contributed by atoms with E-state index in [2.05, 4.69) is 15.9 Å². The maximum Gasteiger partial charge on any atom is 1.00 e. The quantitative estimate of drug-likeness (QED) is 0.0610. The number of carbonyl (C=O) groups excluding carboxylic acids is 2. The number of carbonyl (C=O) groups is 2. The van der Waals surface area contributed by atoms with E-state index in [0.29, 0.717) is 16.3 Å². The van der Waals surface area contributed by atoms with E-state index in [4.69, 9.17) is 26.8 Å². The molecule has 4 aromatic carbocycles. The van der Waals surface area contributed by atoms with Crippen molar-refractivity contribution in [3.8, 4) is 31.3 Å². The van der Waals surface area contributed by atoms with Crippen molar-refractivity contribution in [2.45, 2.75) is 37.2 Å². The first-order valence-electron chi connectivity index (χ1n) is 19.9. The molecule has 0 atom stereocenters. The molecule has 3 radical (unpaired) electrons. The van der Waals surface area contributed by atoms with Crippen LogP contribution in [0, 0.1) is 0 Å². The summed E-state index contributed by atoms with van der Waals surface area (Å²) in [6.07, 6.45) is -15.7. The van der Waals surface area contributed by atoms with Crippen molar-refractivity contribution in [2.75, 3.05) is 0 Å². The van der Waals surface area contributed by atoms with Gasteiger partial charge in [0.25, 0.3) is 0 Å². The second-order valence-corrected chi connectivity index (χ2v) is 20.3. The number of halogens is 14. The Labute approximate surface area is 460 Å². The topological polar surface area (TPSA) is 94.8 Å². The minimum absolute atomic E-state index is 0. The van der Waals surface area contributed by atoms with E-state index >= 15 is 0 Å². The predicted molar refractivity (Wildman–Crippen MR) is 271 cm³/mol. The third-order valence-corrected chi connectivity index (χ3v) is 14.4. The Kier molecular flexibility index (Phi) is 26.4. The Morgan fingerprint density at radius 2 is 0.784 bits per heavy atom. The Bertz CT molecular complexity index is 2840. The van der Waals surface area contributed by atoms with E-state index in [9.17, 15) is 62.3 Å². The second-order valence-electron chi connectivity index (χ2n) is 14.1. The van der Waals surface area contributed by atoms with E-state index < -0.39 is 54.1 Å². The molecule has 74 heavy (non-hydrogen) atoms. The summed E-state index contributed by atoms with van der Waals surface area (Å²) in [4.78, 5) is 26.2. The fraction of sp³-hybridized carbons (Fsp3) is 0.125. The van der Waals surface area contributed by atoms with Gasteiger partial charge in [-0.2, -0.15) is 52.7 Å². The molecule has 26 heteroatoms. The van der Waals surface area contributed by atoms with Gasteiger partial charge in [-0.3, -0.25) is 9.59 Å². The van der Waals surface area contributed by atoms with Crippen LogP contribution in [0.15, 0.2) is 149 Å². The van der Waals surface area contributed by atoms with Gasteiger partial charge in [0.15, 0.2) is 12.6 Å². The minimum atomic E-state index is -4.39. The summed E-state index contributed by atoms with van der Waals surface area (Å²) in [7, 11) is -1.73. The van der Waals surface area contributed by atoms with Crippen molar-refractivity contribution in [3.63, 3.8) is 0 Å². The molecule has 0 bridgehead atoms. The molecular weight excluding hydrogens is 1160 g/mol. The molecule has 0 aliphatic rings. The summed E-state index contributed by atoms with van der Waals surface area (Å²) in [5, 5.41) is 26.1. The number of aliphatic hydroxyl groups excluding tert-OH is 1. The van der Waals surface area contributed by atoms with Crippen LogP contribution in [0.1, 0.15) is 52.8 Å². The van der Waals surface area contributed by atoms with Crippen molar-refractivity contribution in [1.82, 2.24) is 0 Å². The predicted octanol–water partition coefficient (Wildman–Crippen LogP) is 12.8. The molecule has 385 valence electrons. The third kappa shape index (κ3) is 20.9. The van der Waals surface area contributed by atoms with Crippen molar-refractivity contribution in [1.29, 1.82) is 0 Å². The standard InChI is InChI=1S/C12H8ClF3S.C12H9F3OS.C12H7F3OS.C7H6BF3O2.C5H3BrOS.B.Li.H/c13-7-10-5-6-11(17-10)8-1-3-9(4-2-8)12(14,15)16;2*13-12(14,15)9-3-1-8(2-4-9)11-6-5-10(7-16)17-11;9-7(10,11)5-1-3-6(4-2-5)8(12)13;6-5-2-1-4(3-7)8-5;;;/h1-6H,7H2;1-6,16H,7H2;1-7H;1-4,12-13H;1-3H;;;/q;;;;;;+1;-1. The summed E-state index contributed by atoms with van der Waals surface area (Å²) < 4.78 is 148. The van der Waals surface area contributed by atoms with Gasteiger partial charge in [0, 0.05) is 32.8 Å². The van der Waals surface area contributed by atoms with Gasteiger partial charge in [-0.25, -0.2) is 0 Å². The number of aldehydes is 2. The van der Waals surface area contributed by atoms with Crippen LogP contribution < -0.4 is 24.3 Å². The number of benzene rings is 4. The summed E-state index contributed by atoms with van der Waals surface area (Å²) >= 11 is 14.4. The van der Waals surface area contributed by atoms with Gasteiger partial charge >= 0.3 is 50.7 Å². The Morgan fingerprint density at radius 1 is 0.473 bits per heavy atom. The molecule has 4 heterocycles. The van der Waals surface area contributed by atoms with E-state index in [-0.39, 0.29) is 40.8 Å². The smallest absolute Gasteiger partial charge is 1.00 e. The van der Waals surface area contributed by atoms with Crippen LogP contribution in [-0.2, 0) is 37.2 Å². The average Bonchev–Trinajstić information content (AvgIpc) is 4.20. The van der Waals surface area contributed by atoms with E-state index in [0.717, 1.165) is 117 Å². The SMILES string of the molecule is FC(F)(F)c1ccc(-c2ccc(CCl)s2)cc1.O=Cc1ccc(-c2ccc(C(F)(F)F)cc2)s1.O=Cc1ccc(Br)s1.OB(O)c1ccc(C(F)(F)F)cc1.OCc1ccc(-c2ccc(C(F)(F)F)cc2)s1.[B].[H-].[Li+]. The van der Waals surface area contributed by atoms with Crippen LogP contribution in [0.2, 0.25) is 0 Å². The first-order valence-corrected chi connectivity index (χ1v) is 24.5. The minimum Gasteiger partial charge on any atom is -1.00 e. The molecule has 0 amide bonds. The van der Waals surface area contributed by atoms with E-state index in [1.54, 1.807) is 30.3 Å². The van der Waals surface area contributed by atoms with Gasteiger partial charge in [0.05, 0.1) is 48.3 Å². The summed E-state index contributed by atoms with van der Waals surface area (Å²) in [6, 6.07) is 33.0. The molecule has 4 aromatic heterocycles. The molecule has 0 saturated carbocycles. The molecule has 0 saturated heterocycles. The molecule has 0 fully saturated rings.